The van der Waals surface area contributed by atoms with Crippen LogP contribution in [0.15, 0.2) is 176 Å². The fourth-order valence-electron chi connectivity index (χ4n) is 5.50. The highest BCUT2D eigenvalue weighted by atomic mass is 14.7. The number of hydrogen-bond donors (Lipinski definition) is 0. The van der Waals surface area contributed by atoms with Gasteiger partial charge in [-0.2, -0.15) is 0 Å². The second kappa shape index (κ2) is 11.5. The summed E-state index contributed by atoms with van der Waals surface area (Å²) in [4.78, 5) is 5.25. The molecule has 0 aliphatic carbocycles. The van der Waals surface area contributed by atoms with Crippen molar-refractivity contribution in [3.63, 3.8) is 0 Å². The Labute approximate surface area is 247 Å². The molecule has 198 valence electrons. The van der Waals surface area contributed by atoms with E-state index in [9.17, 15) is 0 Å². The van der Waals surface area contributed by atoms with E-state index in [0.717, 1.165) is 22.5 Å². The molecule has 0 bridgehead atoms. The molecule has 0 atom stereocenters. The zero-order chi connectivity index (χ0) is 28.1. The van der Waals surface area contributed by atoms with E-state index in [4.69, 9.17) is 4.98 Å². The third-order valence-electron chi connectivity index (χ3n) is 7.64. The van der Waals surface area contributed by atoms with Crippen LogP contribution >= 0.6 is 0 Å². The first-order valence-corrected chi connectivity index (χ1v) is 14.3. The first kappa shape index (κ1) is 25.4. The van der Waals surface area contributed by atoms with Gasteiger partial charge in [0.1, 0.15) is 0 Å². The molecule has 0 saturated carbocycles. The second-order valence-electron chi connectivity index (χ2n) is 10.5. The topological polar surface area (TPSA) is 12.9 Å². The molecular formula is C41H29N. The van der Waals surface area contributed by atoms with Crippen LogP contribution in [0.2, 0.25) is 0 Å². The average molecular weight is 536 g/mol. The highest BCUT2D eigenvalue weighted by Gasteiger charge is 2.12. The molecule has 0 unspecified atom stereocenters. The van der Waals surface area contributed by atoms with Crippen molar-refractivity contribution in [2.75, 3.05) is 0 Å². The van der Waals surface area contributed by atoms with Crippen LogP contribution in [0.5, 0.6) is 0 Å². The average Bonchev–Trinajstić information content (AvgIpc) is 3.09. The minimum atomic E-state index is 0.953. The Hall–Kier alpha value is -5.53. The largest absolute Gasteiger partial charge is 0.248 e. The molecule has 6 aromatic carbocycles. The van der Waals surface area contributed by atoms with Gasteiger partial charge in [0.05, 0.1) is 11.4 Å². The lowest BCUT2D eigenvalue weighted by Crippen LogP contribution is -1.92. The van der Waals surface area contributed by atoms with Crippen molar-refractivity contribution in [3.8, 4) is 67.0 Å². The van der Waals surface area contributed by atoms with Gasteiger partial charge in [-0.3, -0.25) is 0 Å². The smallest absolute Gasteiger partial charge is 0.0709 e. The van der Waals surface area contributed by atoms with E-state index in [0.29, 0.717) is 0 Å². The van der Waals surface area contributed by atoms with Crippen LogP contribution in [-0.2, 0) is 0 Å². The molecule has 1 nitrogen and oxygen atoms in total. The van der Waals surface area contributed by atoms with Crippen LogP contribution in [0.1, 0.15) is 0 Å². The highest BCUT2D eigenvalue weighted by molar-refractivity contribution is 5.83. The van der Waals surface area contributed by atoms with Gasteiger partial charge in [-0.25, -0.2) is 4.98 Å². The minimum Gasteiger partial charge on any atom is -0.248 e. The Morgan fingerprint density at radius 3 is 0.762 bits per heavy atom. The highest BCUT2D eigenvalue weighted by Crippen LogP contribution is 2.35. The minimum absolute atomic E-state index is 0.953. The van der Waals surface area contributed by atoms with Gasteiger partial charge in [0.25, 0.3) is 0 Å². The molecule has 0 N–H and O–H groups in total. The van der Waals surface area contributed by atoms with E-state index in [1.54, 1.807) is 0 Å². The van der Waals surface area contributed by atoms with Crippen molar-refractivity contribution < 1.29 is 0 Å². The summed E-state index contributed by atoms with van der Waals surface area (Å²) in [6.45, 7) is 0. The number of aromatic nitrogens is 1. The summed E-state index contributed by atoms with van der Waals surface area (Å²) in [7, 11) is 0. The lowest BCUT2D eigenvalue weighted by Gasteiger charge is -2.13. The summed E-state index contributed by atoms with van der Waals surface area (Å²) in [5.41, 5.74) is 13.6. The summed E-state index contributed by atoms with van der Waals surface area (Å²) >= 11 is 0. The number of pyridine rings is 1. The molecule has 0 radical (unpaired) electrons. The molecular weight excluding hydrogens is 506 g/mol. The number of rotatable bonds is 6. The summed E-state index contributed by atoms with van der Waals surface area (Å²) in [6, 6.07) is 62.2. The fraction of sp³-hybridized carbons (Fsp3) is 0. The van der Waals surface area contributed by atoms with E-state index >= 15 is 0 Å². The summed E-state index contributed by atoms with van der Waals surface area (Å²) < 4.78 is 0. The molecule has 1 aromatic heterocycles. The predicted molar refractivity (Wildman–Crippen MR) is 177 cm³/mol. The van der Waals surface area contributed by atoms with Gasteiger partial charge in [0.15, 0.2) is 0 Å². The normalized spacial score (nSPS) is 10.9. The third kappa shape index (κ3) is 5.41. The van der Waals surface area contributed by atoms with Gasteiger partial charge < -0.3 is 0 Å². The van der Waals surface area contributed by atoms with Crippen molar-refractivity contribution in [1.82, 2.24) is 4.98 Å². The Morgan fingerprint density at radius 1 is 0.214 bits per heavy atom. The van der Waals surface area contributed by atoms with Gasteiger partial charge in [0.2, 0.25) is 0 Å². The first-order chi connectivity index (χ1) is 20.8. The SMILES string of the molecule is c1ccc(-c2cc(-c3ccccc3)cc(-c3cccc(-c4cc(-c5ccccc5)cc(-c5ccccc5)c4)n3)c2)cc1. The van der Waals surface area contributed by atoms with Gasteiger partial charge in [-0.1, -0.05) is 127 Å². The van der Waals surface area contributed by atoms with E-state index in [1.807, 2.05) is 0 Å². The van der Waals surface area contributed by atoms with Crippen molar-refractivity contribution >= 4 is 0 Å². The van der Waals surface area contributed by atoms with Crippen molar-refractivity contribution in [2.45, 2.75) is 0 Å². The van der Waals surface area contributed by atoms with Gasteiger partial charge >= 0.3 is 0 Å². The Balaban J connectivity index is 1.37. The van der Waals surface area contributed by atoms with Gasteiger partial charge in [0, 0.05) is 11.1 Å². The number of benzene rings is 6. The lowest BCUT2D eigenvalue weighted by atomic mass is 9.94. The number of hydrogen-bond acceptors (Lipinski definition) is 1. The molecule has 0 amide bonds. The van der Waals surface area contributed by atoms with Gasteiger partial charge in [-0.15, -0.1) is 0 Å². The quantitative estimate of drug-likeness (QED) is 0.206. The zero-order valence-corrected chi connectivity index (χ0v) is 23.2. The van der Waals surface area contributed by atoms with Crippen LogP contribution in [0.25, 0.3) is 67.0 Å². The molecule has 0 saturated heterocycles. The molecule has 7 aromatic rings. The Bertz CT molecular complexity index is 1690. The molecule has 0 spiro atoms. The fourth-order valence-corrected chi connectivity index (χ4v) is 5.50. The monoisotopic (exact) mass is 535 g/mol. The van der Waals surface area contributed by atoms with Crippen molar-refractivity contribution in [2.24, 2.45) is 0 Å². The Morgan fingerprint density at radius 2 is 0.476 bits per heavy atom. The van der Waals surface area contributed by atoms with Crippen molar-refractivity contribution in [1.29, 1.82) is 0 Å². The predicted octanol–water partition coefficient (Wildman–Crippen LogP) is 11.1. The van der Waals surface area contributed by atoms with Crippen LogP contribution in [-0.4, -0.2) is 4.98 Å². The van der Waals surface area contributed by atoms with E-state index in [1.165, 1.54) is 44.5 Å². The number of nitrogens with zero attached hydrogens (tertiary/aromatic N) is 1. The molecule has 0 aliphatic rings. The van der Waals surface area contributed by atoms with E-state index in [2.05, 4.69) is 176 Å². The van der Waals surface area contributed by atoms with Crippen LogP contribution in [0, 0.1) is 0 Å². The van der Waals surface area contributed by atoms with Crippen LogP contribution in [0.3, 0.4) is 0 Å². The van der Waals surface area contributed by atoms with Gasteiger partial charge in [-0.05, 0) is 93.0 Å². The molecule has 7 rings (SSSR count). The molecule has 42 heavy (non-hydrogen) atoms. The molecule has 0 aliphatic heterocycles. The molecule has 0 fully saturated rings. The van der Waals surface area contributed by atoms with E-state index < -0.39 is 0 Å². The standard InChI is InChI=1S/C41H29N/c1-5-14-30(15-6-1)34-24-35(31-16-7-2-8-17-31)27-38(26-34)40-22-13-23-41(42-40)39-28-36(32-18-9-3-10-19-32)25-37(29-39)33-20-11-4-12-21-33/h1-29H. The lowest BCUT2D eigenvalue weighted by molar-refractivity contribution is 1.32. The Kier molecular flexibility index (Phi) is 6.98. The maximum atomic E-state index is 5.25. The first-order valence-electron chi connectivity index (χ1n) is 14.3. The van der Waals surface area contributed by atoms with Crippen LogP contribution in [0.4, 0.5) is 0 Å². The molecule has 1 heteroatoms. The molecule has 1 heterocycles. The van der Waals surface area contributed by atoms with Crippen molar-refractivity contribution in [3.05, 3.63) is 176 Å². The summed E-state index contributed by atoms with van der Waals surface area (Å²) in [6.07, 6.45) is 0. The van der Waals surface area contributed by atoms with Crippen LogP contribution < -0.4 is 0 Å². The zero-order valence-electron chi connectivity index (χ0n) is 23.2. The summed E-state index contributed by atoms with van der Waals surface area (Å²) in [5, 5.41) is 0. The maximum Gasteiger partial charge on any atom is 0.0709 e. The van der Waals surface area contributed by atoms with E-state index in [-0.39, 0.29) is 0 Å². The third-order valence-corrected chi connectivity index (χ3v) is 7.64. The summed E-state index contributed by atoms with van der Waals surface area (Å²) in [5.74, 6) is 0. The second-order valence-corrected chi connectivity index (χ2v) is 10.5. The maximum absolute atomic E-state index is 5.25.